The Morgan fingerprint density at radius 3 is 2.52 bits per heavy atom. The molecule has 1 aromatic carbocycles. The lowest BCUT2D eigenvalue weighted by atomic mass is 9.62. The molecule has 0 spiro atoms. The van der Waals surface area contributed by atoms with Gasteiger partial charge >= 0.3 is 0 Å². The van der Waals surface area contributed by atoms with Gasteiger partial charge in [0.1, 0.15) is 22.8 Å². The number of phenolic OH excluding ortho intramolecular Hbond substituents is 1. The molecule has 33 heavy (non-hydrogen) atoms. The predicted octanol–water partition coefficient (Wildman–Crippen LogP) is 2.27. The Labute approximate surface area is 187 Å². The lowest BCUT2D eigenvalue weighted by Crippen LogP contribution is -2.43. The molecule has 1 heterocycles. The Balaban J connectivity index is 1.64. The number of fused-ring (bicyclic) bond motifs is 3. The number of primary amides is 1. The summed E-state index contributed by atoms with van der Waals surface area (Å²) in [6.07, 6.45) is 1.26. The molecular weight excluding hydrogens is 428 g/mol. The number of hydrogen-bond acceptors (Lipinski definition) is 7. The van der Waals surface area contributed by atoms with Crippen LogP contribution in [0.5, 0.6) is 5.75 Å². The second kappa shape index (κ2) is 7.19. The van der Waals surface area contributed by atoms with Crippen molar-refractivity contribution in [1.29, 1.82) is 0 Å². The van der Waals surface area contributed by atoms with Gasteiger partial charge in [-0.1, -0.05) is 0 Å². The minimum atomic E-state index is -1.15. The molecule has 1 aromatic heterocycles. The van der Waals surface area contributed by atoms with Gasteiger partial charge in [-0.3, -0.25) is 19.2 Å². The zero-order valence-electron chi connectivity index (χ0n) is 17.3. The van der Waals surface area contributed by atoms with Crippen molar-refractivity contribution >= 4 is 23.8 Å². The van der Waals surface area contributed by atoms with Gasteiger partial charge in [-0.15, -0.1) is 0 Å². The Morgan fingerprint density at radius 2 is 1.85 bits per heavy atom. The molecule has 3 aliphatic carbocycles. The quantitative estimate of drug-likeness (QED) is 0.354. The Morgan fingerprint density at radius 1 is 1.09 bits per heavy atom. The fourth-order valence-corrected chi connectivity index (χ4v) is 5.53. The number of nitrogens with two attached hydrogens (primary N) is 1. The van der Waals surface area contributed by atoms with E-state index in [9.17, 15) is 34.5 Å². The van der Waals surface area contributed by atoms with Gasteiger partial charge in [0.2, 0.25) is 0 Å². The van der Waals surface area contributed by atoms with Crippen molar-refractivity contribution in [1.82, 2.24) is 4.98 Å². The highest BCUT2D eigenvalue weighted by Gasteiger charge is 2.50. The molecular formula is C24H20N2O7. The first-order valence-corrected chi connectivity index (χ1v) is 10.5. The molecule has 1 amide bonds. The summed E-state index contributed by atoms with van der Waals surface area (Å²) >= 11 is 0. The van der Waals surface area contributed by atoms with Crippen LogP contribution in [0.3, 0.4) is 0 Å². The van der Waals surface area contributed by atoms with E-state index in [-0.39, 0.29) is 23.3 Å². The number of allylic oxidation sites excluding steroid dienone is 3. The maximum absolute atomic E-state index is 13.5. The first-order chi connectivity index (χ1) is 15.7. The van der Waals surface area contributed by atoms with E-state index >= 15 is 0 Å². The lowest BCUT2D eigenvalue weighted by molar-refractivity contribution is -0.126. The number of aromatic nitrogens is 1. The van der Waals surface area contributed by atoms with E-state index in [0.717, 1.165) is 0 Å². The number of aromatic hydroxyl groups is 1. The van der Waals surface area contributed by atoms with Crippen LogP contribution in [0, 0.1) is 17.8 Å². The highest BCUT2D eigenvalue weighted by Crippen LogP contribution is 2.50. The van der Waals surface area contributed by atoms with E-state index in [1.54, 1.807) is 18.2 Å². The Hall–Kier alpha value is -4.14. The number of aliphatic hydroxyl groups excluding tert-OH is 2. The first kappa shape index (κ1) is 20.7. The summed E-state index contributed by atoms with van der Waals surface area (Å²) < 4.78 is 0. The fourth-order valence-electron chi connectivity index (χ4n) is 5.53. The molecule has 9 nitrogen and oxygen atoms in total. The third kappa shape index (κ3) is 2.92. The highest BCUT2D eigenvalue weighted by atomic mass is 16.3. The number of carbonyl (C=O) groups excluding carboxylic acids is 4. The second-order valence-corrected chi connectivity index (χ2v) is 8.69. The molecule has 0 saturated heterocycles. The number of aliphatic hydroxyl groups is 2. The average molecular weight is 448 g/mol. The van der Waals surface area contributed by atoms with Gasteiger partial charge in [0, 0.05) is 23.3 Å². The third-order valence-electron chi connectivity index (χ3n) is 6.90. The summed E-state index contributed by atoms with van der Waals surface area (Å²) in [5, 5.41) is 31.7. The van der Waals surface area contributed by atoms with Crippen molar-refractivity contribution in [2.45, 2.75) is 19.3 Å². The second-order valence-electron chi connectivity index (χ2n) is 8.69. The standard InChI is InChI=1S/C24H20N2O7/c25-24(33)20-16(29)7-10-5-9-6-13-12(14-3-1-11(8-27)26-14)2-4-15(28)19(13)22(31)17(9)21(30)18(10)23(20)32/h1-4,8-10,18,26,28-30H,5-7H2,(H2,25,33). The monoisotopic (exact) mass is 448 g/mol. The number of benzene rings is 1. The predicted molar refractivity (Wildman–Crippen MR) is 115 cm³/mol. The van der Waals surface area contributed by atoms with Crippen molar-refractivity contribution in [3.63, 3.8) is 0 Å². The zero-order valence-corrected chi connectivity index (χ0v) is 17.3. The number of aldehydes is 1. The highest BCUT2D eigenvalue weighted by molar-refractivity contribution is 6.22. The molecule has 6 N–H and O–H groups in total. The molecule has 3 atom stereocenters. The van der Waals surface area contributed by atoms with Crippen LogP contribution in [0.1, 0.15) is 39.3 Å². The van der Waals surface area contributed by atoms with Gasteiger partial charge in [0.25, 0.3) is 5.91 Å². The summed E-state index contributed by atoms with van der Waals surface area (Å²) in [5.74, 6) is -5.68. The maximum atomic E-state index is 13.5. The number of amides is 1. The number of Topliss-reactive ketones (excluding diaryl/α,β-unsaturated/α-hetero) is 2. The maximum Gasteiger partial charge on any atom is 0.255 e. The normalized spacial score (nSPS) is 24.3. The smallest absolute Gasteiger partial charge is 0.255 e. The summed E-state index contributed by atoms with van der Waals surface area (Å²) in [7, 11) is 0. The molecule has 0 bridgehead atoms. The van der Waals surface area contributed by atoms with Crippen LogP contribution in [0.25, 0.3) is 11.3 Å². The van der Waals surface area contributed by atoms with Gasteiger partial charge < -0.3 is 26.0 Å². The molecule has 2 aromatic rings. The molecule has 0 fully saturated rings. The number of aromatic amines is 1. The molecule has 0 aliphatic heterocycles. The van der Waals surface area contributed by atoms with E-state index in [4.69, 9.17) is 5.73 Å². The average Bonchev–Trinajstić information content (AvgIpc) is 3.22. The number of carbonyl (C=O) groups is 4. The van der Waals surface area contributed by atoms with Gasteiger partial charge in [-0.25, -0.2) is 0 Å². The first-order valence-electron chi connectivity index (χ1n) is 10.5. The molecule has 0 radical (unpaired) electrons. The van der Waals surface area contributed by atoms with Crippen molar-refractivity contribution in [2.75, 3.05) is 0 Å². The van der Waals surface area contributed by atoms with E-state index in [0.29, 0.717) is 41.6 Å². The van der Waals surface area contributed by atoms with Crippen LogP contribution in [-0.4, -0.2) is 44.1 Å². The molecule has 3 unspecified atom stereocenters. The van der Waals surface area contributed by atoms with Gasteiger partial charge in [-0.05, 0) is 54.5 Å². The van der Waals surface area contributed by atoms with Gasteiger partial charge in [0.15, 0.2) is 17.9 Å². The van der Waals surface area contributed by atoms with Crippen molar-refractivity contribution < 1.29 is 34.5 Å². The van der Waals surface area contributed by atoms with Crippen LogP contribution >= 0.6 is 0 Å². The summed E-state index contributed by atoms with van der Waals surface area (Å²) in [5.41, 5.74) is 6.94. The largest absolute Gasteiger partial charge is 0.511 e. The zero-order chi connectivity index (χ0) is 23.6. The van der Waals surface area contributed by atoms with Crippen LogP contribution in [0.2, 0.25) is 0 Å². The molecule has 9 heteroatoms. The summed E-state index contributed by atoms with van der Waals surface area (Å²) in [6, 6.07) is 6.33. The SMILES string of the molecule is NC(=O)C1=C(O)CC2CC3Cc4c(-c5ccc(C=O)[nH]5)ccc(O)c4C(=O)C3=C(O)C2C1=O. The summed E-state index contributed by atoms with van der Waals surface area (Å²) in [6.45, 7) is 0. The van der Waals surface area contributed by atoms with E-state index in [1.165, 1.54) is 6.07 Å². The minimum absolute atomic E-state index is 0.0181. The summed E-state index contributed by atoms with van der Waals surface area (Å²) in [4.78, 5) is 52.1. The van der Waals surface area contributed by atoms with Crippen LogP contribution in [-0.2, 0) is 16.0 Å². The van der Waals surface area contributed by atoms with Crippen molar-refractivity contribution in [2.24, 2.45) is 23.5 Å². The third-order valence-corrected chi connectivity index (χ3v) is 6.90. The minimum Gasteiger partial charge on any atom is -0.511 e. The number of phenols is 1. The van der Waals surface area contributed by atoms with Crippen molar-refractivity contribution in [3.05, 3.63) is 63.8 Å². The van der Waals surface area contributed by atoms with Crippen LogP contribution in [0.4, 0.5) is 0 Å². The van der Waals surface area contributed by atoms with Gasteiger partial charge in [-0.2, -0.15) is 0 Å². The molecule has 0 saturated carbocycles. The fraction of sp³-hybridized carbons (Fsp3) is 0.250. The molecule has 168 valence electrons. The number of rotatable bonds is 3. The number of H-pyrrole nitrogens is 1. The topological polar surface area (TPSA) is 171 Å². The van der Waals surface area contributed by atoms with Crippen LogP contribution in [0.15, 0.2) is 46.9 Å². The number of nitrogens with one attached hydrogen (secondary N) is 1. The molecule has 5 rings (SSSR count). The lowest BCUT2D eigenvalue weighted by Gasteiger charge is -2.41. The van der Waals surface area contributed by atoms with E-state index in [2.05, 4.69) is 4.98 Å². The molecule has 3 aliphatic rings. The van der Waals surface area contributed by atoms with E-state index in [1.807, 2.05) is 0 Å². The number of hydrogen-bond donors (Lipinski definition) is 5. The Kier molecular flexibility index (Phi) is 4.52. The van der Waals surface area contributed by atoms with Gasteiger partial charge in [0.05, 0.1) is 17.2 Å². The number of ketones is 2. The Bertz CT molecular complexity index is 1330. The van der Waals surface area contributed by atoms with Crippen LogP contribution < -0.4 is 5.73 Å². The van der Waals surface area contributed by atoms with E-state index < -0.39 is 52.3 Å². The van der Waals surface area contributed by atoms with Crippen molar-refractivity contribution in [3.8, 4) is 17.0 Å².